The van der Waals surface area contributed by atoms with Crippen LogP contribution in [0.1, 0.15) is 46.9 Å². The van der Waals surface area contributed by atoms with Crippen molar-refractivity contribution in [3.63, 3.8) is 0 Å². The number of benzene rings is 3. The third kappa shape index (κ3) is 4.42. The van der Waals surface area contributed by atoms with Crippen LogP contribution in [-0.2, 0) is 12.8 Å². The van der Waals surface area contributed by atoms with E-state index in [-0.39, 0.29) is 0 Å². The number of rotatable bonds is 8. The molecule has 0 unspecified atom stereocenters. The number of aromatic carboxylic acids is 1. The van der Waals surface area contributed by atoms with E-state index in [1.54, 1.807) is 12.1 Å². The van der Waals surface area contributed by atoms with Crippen molar-refractivity contribution in [3.8, 4) is 16.8 Å². The zero-order chi connectivity index (χ0) is 22.5. The second-order valence-electron chi connectivity index (χ2n) is 7.89. The predicted molar refractivity (Wildman–Crippen MR) is 128 cm³/mol. The first-order chi connectivity index (χ1) is 15.6. The summed E-state index contributed by atoms with van der Waals surface area (Å²) in [6, 6.07) is 25.0. The fraction of sp³-hybridized carbons (Fsp3) is 0.185. The summed E-state index contributed by atoms with van der Waals surface area (Å²) in [5.41, 5.74) is 12.6. The summed E-state index contributed by atoms with van der Waals surface area (Å²) in [5.74, 6) is -0.256. The lowest BCUT2D eigenvalue weighted by atomic mass is 9.96. The molecule has 0 saturated heterocycles. The van der Waals surface area contributed by atoms with Gasteiger partial charge in [-0.2, -0.15) is 5.10 Å². The summed E-state index contributed by atoms with van der Waals surface area (Å²) in [6.07, 6.45) is 3.72. The van der Waals surface area contributed by atoms with Crippen LogP contribution in [0.15, 0.2) is 78.9 Å². The molecule has 3 N–H and O–H groups in total. The highest BCUT2D eigenvalue weighted by Crippen LogP contribution is 2.28. The van der Waals surface area contributed by atoms with Crippen LogP contribution in [-0.4, -0.2) is 20.9 Å². The maximum atomic E-state index is 11.6. The summed E-state index contributed by atoms with van der Waals surface area (Å²) in [4.78, 5) is 11.6. The van der Waals surface area contributed by atoms with Crippen LogP contribution in [0, 0.1) is 0 Å². The molecule has 0 spiro atoms. The molecule has 0 bridgehead atoms. The maximum Gasteiger partial charge on any atom is 0.336 e. The Bertz CT molecular complexity index is 1210. The van der Waals surface area contributed by atoms with Gasteiger partial charge in [-0.15, -0.1) is 0 Å². The Kier molecular flexibility index (Phi) is 6.36. The lowest BCUT2D eigenvalue weighted by Crippen LogP contribution is -2.03. The van der Waals surface area contributed by atoms with E-state index in [0.717, 1.165) is 47.3 Å². The van der Waals surface area contributed by atoms with Crippen LogP contribution in [0.2, 0.25) is 0 Å². The van der Waals surface area contributed by atoms with Gasteiger partial charge in [0.2, 0.25) is 0 Å². The molecule has 0 aliphatic rings. The largest absolute Gasteiger partial charge is 0.478 e. The van der Waals surface area contributed by atoms with Gasteiger partial charge in [0.15, 0.2) is 0 Å². The minimum Gasteiger partial charge on any atom is -0.478 e. The Hall–Kier alpha value is -3.86. The third-order valence-corrected chi connectivity index (χ3v) is 5.68. The molecule has 4 aromatic rings. The summed E-state index contributed by atoms with van der Waals surface area (Å²) < 4.78 is 1.83. The number of nitrogens with two attached hydrogens (primary N) is 1. The van der Waals surface area contributed by atoms with Crippen LogP contribution in [0.25, 0.3) is 16.8 Å². The molecule has 4 rings (SSSR count). The van der Waals surface area contributed by atoms with Crippen LogP contribution < -0.4 is 5.73 Å². The van der Waals surface area contributed by atoms with Gasteiger partial charge in [0, 0.05) is 12.0 Å². The second kappa shape index (κ2) is 9.52. The van der Waals surface area contributed by atoms with E-state index in [2.05, 4.69) is 6.92 Å². The van der Waals surface area contributed by atoms with Crippen LogP contribution >= 0.6 is 0 Å². The molecule has 5 heteroatoms. The van der Waals surface area contributed by atoms with Gasteiger partial charge in [-0.05, 0) is 47.7 Å². The van der Waals surface area contributed by atoms with Gasteiger partial charge in [0.25, 0.3) is 0 Å². The number of unbranched alkanes of at least 4 members (excludes halogenated alkanes) is 1. The topological polar surface area (TPSA) is 81.1 Å². The van der Waals surface area contributed by atoms with E-state index in [1.165, 1.54) is 0 Å². The summed E-state index contributed by atoms with van der Waals surface area (Å²) in [7, 11) is 0. The molecule has 1 aromatic heterocycles. The molecule has 0 fully saturated rings. The van der Waals surface area contributed by atoms with E-state index in [0.29, 0.717) is 23.4 Å². The van der Waals surface area contributed by atoms with Gasteiger partial charge in [-0.3, -0.25) is 0 Å². The van der Waals surface area contributed by atoms with Gasteiger partial charge in [0.05, 0.1) is 16.9 Å². The fourth-order valence-electron chi connectivity index (χ4n) is 3.94. The number of hydrogen-bond donors (Lipinski definition) is 2. The Balaban J connectivity index is 1.65. The monoisotopic (exact) mass is 425 g/mol. The molecule has 0 aliphatic heterocycles. The first kappa shape index (κ1) is 21.4. The van der Waals surface area contributed by atoms with Crippen LogP contribution in [0.5, 0.6) is 0 Å². The molecule has 3 aromatic carbocycles. The molecule has 162 valence electrons. The van der Waals surface area contributed by atoms with E-state index >= 15 is 0 Å². The Labute approximate surface area is 188 Å². The van der Waals surface area contributed by atoms with Crippen molar-refractivity contribution >= 4 is 11.8 Å². The van der Waals surface area contributed by atoms with Crippen molar-refractivity contribution in [3.05, 3.63) is 101 Å². The average Bonchev–Trinajstić information content (AvgIpc) is 3.14. The number of carboxylic acids is 1. The number of nitrogen functional groups attached to an aromatic ring is 1. The molecular formula is C27H27N3O2. The Morgan fingerprint density at radius 2 is 1.66 bits per heavy atom. The molecule has 5 nitrogen and oxygen atoms in total. The lowest BCUT2D eigenvalue weighted by molar-refractivity contribution is 0.0697. The third-order valence-electron chi connectivity index (χ3n) is 5.68. The normalized spacial score (nSPS) is 10.9. The first-order valence-electron chi connectivity index (χ1n) is 10.9. The quantitative estimate of drug-likeness (QED) is 0.376. The number of para-hydroxylation sites is 1. The summed E-state index contributed by atoms with van der Waals surface area (Å²) in [5, 5.41) is 14.3. The summed E-state index contributed by atoms with van der Waals surface area (Å²) in [6.45, 7) is 2.17. The van der Waals surface area contributed by atoms with Crippen molar-refractivity contribution in [2.75, 3.05) is 5.73 Å². The Morgan fingerprint density at radius 1 is 0.969 bits per heavy atom. The number of aromatic nitrogens is 2. The highest BCUT2D eigenvalue weighted by Gasteiger charge is 2.17. The molecule has 0 amide bonds. The Morgan fingerprint density at radius 3 is 2.34 bits per heavy atom. The van der Waals surface area contributed by atoms with Crippen LogP contribution in [0.3, 0.4) is 0 Å². The maximum absolute atomic E-state index is 11.6. The number of carboxylic acid groups (broad SMARTS) is 1. The molecule has 0 radical (unpaired) electrons. The van der Waals surface area contributed by atoms with Crippen molar-refractivity contribution in [2.45, 2.75) is 32.6 Å². The lowest BCUT2D eigenvalue weighted by Gasteiger charge is -2.09. The minimum absolute atomic E-state index is 0.301. The standard InChI is InChI=1S/C27H27N3O2/c1-2-3-13-25-24(26(28)30(29-25)21-9-5-4-6-10-21)18-19-14-16-20(17-15-19)22-11-7-8-12-23(22)27(31)32/h4-12,14-17H,2-3,13,18,28H2,1H3,(H,31,32). The number of hydrogen-bond acceptors (Lipinski definition) is 3. The zero-order valence-electron chi connectivity index (χ0n) is 18.2. The minimum atomic E-state index is -0.925. The van der Waals surface area contributed by atoms with Crippen molar-refractivity contribution in [1.82, 2.24) is 9.78 Å². The molecule has 0 aliphatic carbocycles. The number of nitrogens with zero attached hydrogens (tertiary/aromatic N) is 2. The van der Waals surface area contributed by atoms with Gasteiger partial charge in [0.1, 0.15) is 5.82 Å². The van der Waals surface area contributed by atoms with Crippen molar-refractivity contribution in [2.24, 2.45) is 0 Å². The van der Waals surface area contributed by atoms with Gasteiger partial charge < -0.3 is 10.8 Å². The van der Waals surface area contributed by atoms with Gasteiger partial charge in [-0.25, -0.2) is 9.48 Å². The molecule has 0 atom stereocenters. The predicted octanol–water partition coefficient (Wildman–Crippen LogP) is 5.75. The van der Waals surface area contributed by atoms with Crippen LogP contribution in [0.4, 0.5) is 5.82 Å². The number of carbonyl (C=O) groups is 1. The second-order valence-corrected chi connectivity index (χ2v) is 7.89. The highest BCUT2D eigenvalue weighted by atomic mass is 16.4. The van der Waals surface area contributed by atoms with Crippen molar-refractivity contribution in [1.29, 1.82) is 0 Å². The van der Waals surface area contributed by atoms with Gasteiger partial charge in [-0.1, -0.05) is 74.0 Å². The van der Waals surface area contributed by atoms with Gasteiger partial charge >= 0.3 is 5.97 Å². The summed E-state index contributed by atoms with van der Waals surface area (Å²) >= 11 is 0. The van der Waals surface area contributed by atoms with E-state index in [1.807, 2.05) is 71.4 Å². The number of aryl methyl sites for hydroxylation is 1. The van der Waals surface area contributed by atoms with E-state index < -0.39 is 5.97 Å². The fourth-order valence-corrected chi connectivity index (χ4v) is 3.94. The SMILES string of the molecule is CCCCc1nn(-c2ccccc2)c(N)c1Cc1ccc(-c2ccccc2C(=O)O)cc1. The highest BCUT2D eigenvalue weighted by molar-refractivity contribution is 5.96. The molecule has 1 heterocycles. The average molecular weight is 426 g/mol. The van der Waals surface area contributed by atoms with E-state index in [4.69, 9.17) is 10.8 Å². The number of anilines is 1. The smallest absolute Gasteiger partial charge is 0.336 e. The first-order valence-corrected chi connectivity index (χ1v) is 10.9. The van der Waals surface area contributed by atoms with Crippen molar-refractivity contribution < 1.29 is 9.90 Å². The molecule has 32 heavy (non-hydrogen) atoms. The van der Waals surface area contributed by atoms with E-state index in [9.17, 15) is 9.90 Å². The zero-order valence-corrected chi connectivity index (χ0v) is 18.2. The molecule has 0 saturated carbocycles. The molecular weight excluding hydrogens is 398 g/mol.